The van der Waals surface area contributed by atoms with E-state index in [0.717, 1.165) is 12.8 Å². The van der Waals surface area contributed by atoms with Gasteiger partial charge in [0, 0.05) is 19.7 Å². The third-order valence-electron chi connectivity index (χ3n) is 3.99. The topological polar surface area (TPSA) is 78.9 Å². The Morgan fingerprint density at radius 3 is 2.71 bits per heavy atom. The number of aliphatic carboxylic acids is 1. The maximum absolute atomic E-state index is 12.3. The van der Waals surface area contributed by atoms with Crippen LogP contribution in [0.25, 0.3) is 0 Å². The molecule has 21 heavy (non-hydrogen) atoms. The van der Waals surface area contributed by atoms with Gasteiger partial charge in [-0.2, -0.15) is 0 Å². The minimum absolute atomic E-state index is 0.0789. The Morgan fingerprint density at radius 1 is 1.43 bits per heavy atom. The first-order chi connectivity index (χ1) is 9.95. The van der Waals surface area contributed by atoms with Crippen LogP contribution in [0, 0.1) is 5.41 Å². The molecule has 2 N–H and O–H groups in total. The van der Waals surface area contributed by atoms with Gasteiger partial charge in [0.2, 0.25) is 0 Å². The van der Waals surface area contributed by atoms with Crippen LogP contribution < -0.4 is 5.32 Å². The SMILES string of the molecule is CCCC1(C(=O)O)CCCN(C(=O)NC(C)COCC)C1. The number of carbonyl (C=O) groups excluding carboxylic acids is 1. The van der Waals surface area contributed by atoms with Crippen LogP contribution in [0.5, 0.6) is 0 Å². The summed E-state index contributed by atoms with van der Waals surface area (Å²) in [6.07, 6.45) is 2.80. The number of nitrogens with one attached hydrogen (secondary N) is 1. The molecule has 0 spiro atoms. The summed E-state index contributed by atoms with van der Waals surface area (Å²) in [5, 5.41) is 12.4. The smallest absolute Gasteiger partial charge is 0.317 e. The molecule has 0 saturated carbocycles. The van der Waals surface area contributed by atoms with Gasteiger partial charge < -0.3 is 20.1 Å². The minimum Gasteiger partial charge on any atom is -0.481 e. The van der Waals surface area contributed by atoms with E-state index < -0.39 is 11.4 Å². The molecule has 1 fully saturated rings. The van der Waals surface area contributed by atoms with Gasteiger partial charge >= 0.3 is 12.0 Å². The van der Waals surface area contributed by atoms with Crippen LogP contribution in [0.3, 0.4) is 0 Å². The molecular weight excluding hydrogens is 272 g/mol. The van der Waals surface area contributed by atoms with E-state index >= 15 is 0 Å². The average Bonchev–Trinajstić information content (AvgIpc) is 2.45. The predicted octanol–water partition coefficient (Wildman–Crippen LogP) is 2.09. The monoisotopic (exact) mass is 300 g/mol. The Balaban J connectivity index is 2.62. The van der Waals surface area contributed by atoms with E-state index in [9.17, 15) is 14.7 Å². The van der Waals surface area contributed by atoms with Gasteiger partial charge in [-0.3, -0.25) is 4.79 Å². The Labute approximate surface area is 126 Å². The van der Waals surface area contributed by atoms with E-state index in [1.54, 1.807) is 4.90 Å². The summed E-state index contributed by atoms with van der Waals surface area (Å²) in [5.41, 5.74) is -0.784. The Hall–Kier alpha value is -1.30. The molecule has 0 aromatic heterocycles. The number of carboxylic acids is 1. The summed E-state index contributed by atoms with van der Waals surface area (Å²) < 4.78 is 5.27. The quantitative estimate of drug-likeness (QED) is 0.754. The van der Waals surface area contributed by atoms with Crippen LogP contribution in [0.15, 0.2) is 0 Å². The van der Waals surface area contributed by atoms with Gasteiger partial charge in [-0.25, -0.2) is 4.79 Å². The minimum atomic E-state index is -0.788. The number of hydrogen-bond donors (Lipinski definition) is 2. The number of hydrogen-bond acceptors (Lipinski definition) is 3. The molecule has 0 aromatic rings. The molecular formula is C15H28N2O4. The Bertz CT molecular complexity index is 358. The highest BCUT2D eigenvalue weighted by Crippen LogP contribution is 2.35. The van der Waals surface area contributed by atoms with Crippen molar-refractivity contribution in [1.29, 1.82) is 0 Å². The molecule has 1 aliphatic heterocycles. The number of carbonyl (C=O) groups is 2. The fraction of sp³-hybridized carbons (Fsp3) is 0.867. The molecule has 2 amide bonds. The van der Waals surface area contributed by atoms with E-state index in [1.165, 1.54) is 0 Å². The molecule has 0 bridgehead atoms. The summed E-state index contributed by atoms with van der Waals surface area (Å²) >= 11 is 0. The van der Waals surface area contributed by atoms with Crippen molar-refractivity contribution >= 4 is 12.0 Å². The van der Waals surface area contributed by atoms with Crippen LogP contribution in [0.1, 0.15) is 46.5 Å². The first-order valence-electron chi connectivity index (χ1n) is 7.81. The highest BCUT2D eigenvalue weighted by molar-refractivity contribution is 5.79. The molecule has 2 unspecified atom stereocenters. The van der Waals surface area contributed by atoms with Gasteiger partial charge in [0.05, 0.1) is 18.1 Å². The summed E-state index contributed by atoms with van der Waals surface area (Å²) in [5.74, 6) is -0.788. The van der Waals surface area contributed by atoms with Gasteiger partial charge in [-0.05, 0) is 33.1 Å². The van der Waals surface area contributed by atoms with Gasteiger partial charge in [0.25, 0.3) is 0 Å². The van der Waals surface area contributed by atoms with Crippen LogP contribution >= 0.6 is 0 Å². The fourth-order valence-electron chi connectivity index (χ4n) is 2.91. The van der Waals surface area contributed by atoms with E-state index in [4.69, 9.17) is 4.74 Å². The lowest BCUT2D eigenvalue weighted by Gasteiger charge is -2.40. The number of urea groups is 1. The van der Waals surface area contributed by atoms with Crippen LogP contribution in [-0.4, -0.2) is 54.4 Å². The Kier molecular flexibility index (Phi) is 6.95. The molecule has 1 aliphatic rings. The molecule has 0 aromatic carbocycles. The number of piperidine rings is 1. The standard InChI is InChI=1S/C15H28N2O4/c1-4-7-15(13(18)19)8-6-9-17(11-15)14(20)16-12(3)10-21-5-2/h12H,4-11H2,1-3H3,(H,16,20)(H,18,19). The molecule has 0 aliphatic carbocycles. The lowest BCUT2D eigenvalue weighted by atomic mass is 9.76. The maximum Gasteiger partial charge on any atom is 0.317 e. The third kappa shape index (κ3) is 4.88. The molecule has 6 heteroatoms. The highest BCUT2D eigenvalue weighted by Gasteiger charge is 2.42. The number of rotatable bonds is 7. The van der Waals surface area contributed by atoms with Crippen molar-refractivity contribution in [3.8, 4) is 0 Å². The zero-order valence-corrected chi connectivity index (χ0v) is 13.4. The highest BCUT2D eigenvalue weighted by atomic mass is 16.5. The maximum atomic E-state index is 12.3. The molecule has 2 atom stereocenters. The lowest BCUT2D eigenvalue weighted by molar-refractivity contribution is -0.152. The van der Waals surface area contributed by atoms with Crippen LogP contribution in [0.2, 0.25) is 0 Å². The second-order valence-electron chi connectivity index (χ2n) is 5.87. The van der Waals surface area contributed by atoms with Crippen LogP contribution in [0.4, 0.5) is 4.79 Å². The Morgan fingerprint density at radius 2 is 2.14 bits per heavy atom. The van der Waals surface area contributed by atoms with E-state index in [-0.39, 0.29) is 12.1 Å². The molecule has 122 valence electrons. The second kappa shape index (κ2) is 8.22. The number of amides is 2. The van der Waals surface area contributed by atoms with Gasteiger partial charge in [0.1, 0.15) is 0 Å². The summed E-state index contributed by atoms with van der Waals surface area (Å²) in [6, 6.07) is -0.270. The van der Waals surface area contributed by atoms with E-state index in [1.807, 2.05) is 20.8 Å². The lowest BCUT2D eigenvalue weighted by Crippen LogP contribution is -2.54. The predicted molar refractivity (Wildman–Crippen MR) is 80.3 cm³/mol. The second-order valence-corrected chi connectivity index (χ2v) is 5.87. The number of ether oxygens (including phenoxy) is 1. The first kappa shape index (κ1) is 17.8. The average molecular weight is 300 g/mol. The zero-order chi connectivity index (χ0) is 15.9. The molecule has 6 nitrogen and oxygen atoms in total. The normalized spacial score (nSPS) is 23.7. The van der Waals surface area contributed by atoms with Crippen molar-refractivity contribution in [3.05, 3.63) is 0 Å². The van der Waals surface area contributed by atoms with Crippen molar-refractivity contribution in [2.45, 2.75) is 52.5 Å². The summed E-state index contributed by atoms with van der Waals surface area (Å²) in [7, 11) is 0. The van der Waals surface area contributed by atoms with Crippen molar-refractivity contribution in [2.24, 2.45) is 5.41 Å². The zero-order valence-electron chi connectivity index (χ0n) is 13.4. The largest absolute Gasteiger partial charge is 0.481 e. The first-order valence-corrected chi connectivity index (χ1v) is 7.81. The van der Waals surface area contributed by atoms with Gasteiger partial charge in [-0.15, -0.1) is 0 Å². The van der Waals surface area contributed by atoms with Crippen molar-refractivity contribution in [3.63, 3.8) is 0 Å². The number of likely N-dealkylation sites (tertiary alicyclic amines) is 1. The molecule has 1 heterocycles. The molecule has 0 radical (unpaired) electrons. The van der Waals surface area contributed by atoms with Gasteiger partial charge in [0.15, 0.2) is 0 Å². The summed E-state index contributed by atoms with van der Waals surface area (Å²) in [6.45, 7) is 7.76. The van der Waals surface area contributed by atoms with Crippen molar-refractivity contribution in [2.75, 3.05) is 26.3 Å². The van der Waals surface area contributed by atoms with E-state index in [2.05, 4.69) is 5.32 Å². The fourth-order valence-corrected chi connectivity index (χ4v) is 2.91. The van der Waals surface area contributed by atoms with Crippen molar-refractivity contribution in [1.82, 2.24) is 10.2 Å². The van der Waals surface area contributed by atoms with Crippen LogP contribution in [-0.2, 0) is 9.53 Å². The molecule has 1 saturated heterocycles. The number of nitrogens with zero attached hydrogens (tertiary/aromatic N) is 1. The van der Waals surface area contributed by atoms with Gasteiger partial charge in [-0.1, -0.05) is 13.3 Å². The summed E-state index contributed by atoms with van der Waals surface area (Å²) in [4.78, 5) is 25.5. The number of carboxylic acid groups (broad SMARTS) is 1. The van der Waals surface area contributed by atoms with Crippen molar-refractivity contribution < 1.29 is 19.4 Å². The molecule has 1 rings (SSSR count). The third-order valence-corrected chi connectivity index (χ3v) is 3.99. The van der Waals surface area contributed by atoms with E-state index in [0.29, 0.717) is 39.1 Å².